The van der Waals surface area contributed by atoms with Crippen molar-refractivity contribution >= 4 is 28.6 Å². The molecule has 2 aromatic carbocycles. The fourth-order valence-electron chi connectivity index (χ4n) is 4.77. The number of nitrogens with one attached hydrogen (secondary N) is 2. The quantitative estimate of drug-likeness (QED) is 0.282. The Hall–Kier alpha value is -4.22. The fourth-order valence-corrected chi connectivity index (χ4v) is 4.77. The van der Waals surface area contributed by atoms with E-state index >= 15 is 0 Å². The summed E-state index contributed by atoms with van der Waals surface area (Å²) in [6.07, 6.45) is 6.19. The van der Waals surface area contributed by atoms with Crippen molar-refractivity contribution in [3.8, 4) is 22.6 Å². The molecule has 2 aromatic heterocycles. The van der Waals surface area contributed by atoms with Crippen LogP contribution in [-0.2, 0) is 17.8 Å². The van der Waals surface area contributed by atoms with Gasteiger partial charge in [0.25, 0.3) is 0 Å². The lowest BCUT2D eigenvalue weighted by atomic mass is 10.1. The molecule has 0 atom stereocenters. The molecule has 0 radical (unpaired) electrons. The van der Waals surface area contributed by atoms with Gasteiger partial charge < -0.3 is 24.8 Å². The van der Waals surface area contributed by atoms with Gasteiger partial charge in [-0.3, -0.25) is 9.58 Å². The van der Waals surface area contributed by atoms with E-state index in [9.17, 15) is 4.79 Å². The van der Waals surface area contributed by atoms with Crippen molar-refractivity contribution < 1.29 is 19.0 Å². The first-order chi connectivity index (χ1) is 19.9. The number of carbonyl (C=O) groups excluding carboxylic acids is 1. The molecule has 216 valence electrons. The third kappa shape index (κ3) is 7.11. The number of nitrogens with zero attached hydrogens (tertiary/aromatic N) is 5. The third-order valence-corrected chi connectivity index (χ3v) is 6.94. The van der Waals surface area contributed by atoms with Crippen LogP contribution in [0.4, 0.5) is 16.4 Å². The molecule has 0 unspecified atom stereocenters. The number of morpholine rings is 1. The van der Waals surface area contributed by atoms with Crippen LogP contribution in [0.3, 0.4) is 0 Å². The Labute approximate surface area is 239 Å². The Kier molecular flexibility index (Phi) is 8.95. The van der Waals surface area contributed by atoms with E-state index < -0.39 is 6.09 Å². The van der Waals surface area contributed by atoms with E-state index in [1.807, 2.05) is 41.3 Å². The zero-order chi connectivity index (χ0) is 28.8. The molecular formula is C30H37N7O4. The molecule has 3 heterocycles. The highest BCUT2D eigenvalue weighted by Crippen LogP contribution is 2.36. The van der Waals surface area contributed by atoms with Crippen LogP contribution < -0.4 is 20.1 Å². The molecule has 0 spiro atoms. The van der Waals surface area contributed by atoms with Gasteiger partial charge in [-0.1, -0.05) is 19.9 Å². The highest BCUT2D eigenvalue weighted by atomic mass is 16.6. The van der Waals surface area contributed by atoms with Gasteiger partial charge >= 0.3 is 6.09 Å². The Balaban J connectivity index is 1.44. The lowest BCUT2D eigenvalue weighted by Gasteiger charge is -2.26. The molecule has 5 rings (SSSR count). The minimum atomic E-state index is -0.536. The lowest BCUT2D eigenvalue weighted by molar-refractivity contribution is 0.0342. The van der Waals surface area contributed by atoms with Crippen molar-refractivity contribution in [2.24, 2.45) is 5.92 Å². The van der Waals surface area contributed by atoms with Gasteiger partial charge in [0, 0.05) is 73.9 Å². The summed E-state index contributed by atoms with van der Waals surface area (Å²) >= 11 is 0. The highest BCUT2D eigenvalue weighted by Gasteiger charge is 2.16. The molecule has 1 saturated heterocycles. The summed E-state index contributed by atoms with van der Waals surface area (Å²) in [5.74, 6) is 2.08. The molecular weight excluding hydrogens is 522 g/mol. The molecule has 11 heteroatoms. The third-order valence-electron chi connectivity index (χ3n) is 6.94. The van der Waals surface area contributed by atoms with Crippen LogP contribution in [0.5, 0.6) is 11.5 Å². The number of carbonyl (C=O) groups is 1. The molecule has 2 N–H and O–H groups in total. The summed E-state index contributed by atoms with van der Waals surface area (Å²) in [5, 5.41) is 11.2. The Morgan fingerprint density at radius 2 is 1.98 bits per heavy atom. The zero-order valence-electron chi connectivity index (χ0n) is 24.0. The second-order valence-corrected chi connectivity index (χ2v) is 10.5. The van der Waals surface area contributed by atoms with Gasteiger partial charge in [0.1, 0.15) is 11.3 Å². The highest BCUT2D eigenvalue weighted by molar-refractivity contribution is 5.92. The van der Waals surface area contributed by atoms with Crippen LogP contribution in [0.25, 0.3) is 22.0 Å². The van der Waals surface area contributed by atoms with Gasteiger partial charge in [0.15, 0.2) is 5.75 Å². The Morgan fingerprint density at radius 3 is 2.73 bits per heavy atom. The summed E-state index contributed by atoms with van der Waals surface area (Å²) in [5.41, 5.74) is 4.26. The second-order valence-electron chi connectivity index (χ2n) is 10.5. The minimum Gasteiger partial charge on any atom is -0.494 e. The largest absolute Gasteiger partial charge is 0.494 e. The van der Waals surface area contributed by atoms with Crippen molar-refractivity contribution in [3.63, 3.8) is 0 Å². The molecule has 0 bridgehead atoms. The van der Waals surface area contributed by atoms with Crippen LogP contribution >= 0.6 is 0 Å². The molecule has 1 aliphatic rings. The summed E-state index contributed by atoms with van der Waals surface area (Å²) in [4.78, 5) is 23.6. The molecule has 1 aliphatic heterocycles. The van der Waals surface area contributed by atoms with Crippen molar-refractivity contribution in [2.75, 3.05) is 45.8 Å². The summed E-state index contributed by atoms with van der Waals surface area (Å²) < 4.78 is 18.8. The molecule has 0 saturated carbocycles. The first-order valence-corrected chi connectivity index (χ1v) is 13.9. The average molecular weight is 560 g/mol. The van der Waals surface area contributed by atoms with Gasteiger partial charge in [-0.05, 0) is 36.1 Å². The molecule has 1 fully saturated rings. The molecule has 11 nitrogen and oxygen atoms in total. The molecule has 1 amide bonds. The van der Waals surface area contributed by atoms with Crippen molar-refractivity contribution in [1.29, 1.82) is 0 Å². The molecule has 41 heavy (non-hydrogen) atoms. The summed E-state index contributed by atoms with van der Waals surface area (Å²) in [6.45, 7) is 9.06. The SMILES string of the molecule is CNC(=O)Oc1cc(CN2CCOCC2)cc(Nc2ncc3ccc(-c4cnn(CCC(C)C)c4)c(OC)c3n2)c1. The number of benzene rings is 2. The first-order valence-electron chi connectivity index (χ1n) is 13.9. The number of anilines is 2. The standard InChI is InChI=1S/C30H37N7O4/c1-20(2)7-8-37-19-23(17-33-37)26-6-5-22-16-32-29(35-27(22)28(26)39-4)34-24-13-21(18-36-9-11-40-12-10-36)14-25(15-24)41-30(38)31-3/h5-6,13-17,19-20H,7-12,18H2,1-4H3,(H,31,38)(H,32,34,35). The van der Waals surface area contributed by atoms with E-state index in [-0.39, 0.29) is 0 Å². The zero-order valence-corrected chi connectivity index (χ0v) is 24.0. The van der Waals surface area contributed by atoms with Crippen LogP contribution in [0.1, 0.15) is 25.8 Å². The first kappa shape index (κ1) is 28.3. The van der Waals surface area contributed by atoms with Crippen LogP contribution in [0.2, 0.25) is 0 Å². The average Bonchev–Trinajstić information content (AvgIpc) is 3.44. The lowest BCUT2D eigenvalue weighted by Crippen LogP contribution is -2.35. The minimum absolute atomic E-state index is 0.398. The van der Waals surface area contributed by atoms with E-state index in [2.05, 4.69) is 39.5 Å². The van der Waals surface area contributed by atoms with Gasteiger partial charge in [-0.15, -0.1) is 0 Å². The van der Waals surface area contributed by atoms with E-state index in [0.29, 0.717) is 54.3 Å². The van der Waals surface area contributed by atoms with Gasteiger partial charge in [-0.2, -0.15) is 5.10 Å². The number of amides is 1. The number of fused-ring (bicyclic) bond motifs is 1. The molecule has 4 aromatic rings. The summed E-state index contributed by atoms with van der Waals surface area (Å²) in [6, 6.07) is 9.64. The Morgan fingerprint density at radius 1 is 1.15 bits per heavy atom. The van der Waals surface area contributed by atoms with Gasteiger partial charge in [0.2, 0.25) is 5.95 Å². The maximum Gasteiger partial charge on any atom is 0.412 e. The number of ether oxygens (including phenoxy) is 3. The van der Waals surface area contributed by atoms with E-state index in [1.165, 1.54) is 7.05 Å². The summed E-state index contributed by atoms with van der Waals surface area (Å²) in [7, 11) is 3.18. The van der Waals surface area contributed by atoms with E-state index in [4.69, 9.17) is 19.2 Å². The predicted molar refractivity (Wildman–Crippen MR) is 158 cm³/mol. The van der Waals surface area contributed by atoms with Crippen LogP contribution in [0.15, 0.2) is 48.9 Å². The topological polar surface area (TPSA) is 116 Å². The van der Waals surface area contributed by atoms with E-state index in [1.54, 1.807) is 19.4 Å². The monoisotopic (exact) mass is 559 g/mol. The van der Waals surface area contributed by atoms with Crippen molar-refractivity contribution in [3.05, 3.63) is 54.5 Å². The smallest absolute Gasteiger partial charge is 0.412 e. The van der Waals surface area contributed by atoms with Crippen molar-refractivity contribution in [2.45, 2.75) is 33.4 Å². The number of hydrogen-bond acceptors (Lipinski definition) is 9. The van der Waals surface area contributed by atoms with Crippen LogP contribution in [0, 0.1) is 5.92 Å². The number of rotatable bonds is 10. The predicted octanol–water partition coefficient (Wildman–Crippen LogP) is 4.84. The fraction of sp³-hybridized carbons (Fsp3) is 0.400. The maximum absolute atomic E-state index is 12.0. The van der Waals surface area contributed by atoms with Gasteiger partial charge in [0.05, 0.1) is 26.5 Å². The number of aromatic nitrogens is 4. The molecule has 0 aliphatic carbocycles. The normalized spacial score (nSPS) is 13.9. The van der Waals surface area contributed by atoms with Crippen molar-refractivity contribution in [1.82, 2.24) is 30.0 Å². The number of hydrogen-bond donors (Lipinski definition) is 2. The number of methoxy groups -OCH3 is 1. The Bertz CT molecular complexity index is 1500. The van der Waals surface area contributed by atoms with Crippen LogP contribution in [-0.4, -0.2) is 71.2 Å². The second kappa shape index (κ2) is 13.0. The number of aryl methyl sites for hydroxylation is 1. The van der Waals surface area contributed by atoms with Gasteiger partial charge in [-0.25, -0.2) is 14.8 Å². The maximum atomic E-state index is 12.0. The van der Waals surface area contributed by atoms with E-state index in [0.717, 1.165) is 48.1 Å².